The summed E-state index contributed by atoms with van der Waals surface area (Å²) in [7, 11) is 3.87. The van der Waals surface area contributed by atoms with Crippen molar-refractivity contribution in [2.24, 2.45) is 5.10 Å². The molecule has 0 aliphatic carbocycles. The van der Waals surface area contributed by atoms with Gasteiger partial charge in [0.05, 0.1) is 18.9 Å². The number of nitrogens with zero attached hydrogens (tertiary/aromatic N) is 5. The van der Waals surface area contributed by atoms with Crippen LogP contribution in [0.2, 0.25) is 0 Å². The van der Waals surface area contributed by atoms with E-state index in [-0.39, 0.29) is 0 Å². The van der Waals surface area contributed by atoms with Crippen LogP contribution >= 0.6 is 15.9 Å². The zero-order valence-corrected chi connectivity index (χ0v) is 14.2. The molecule has 0 fully saturated rings. The number of alkyl halides is 2. The van der Waals surface area contributed by atoms with E-state index < -0.39 is 13.0 Å². The molecule has 1 N–H and O–H groups in total. The Bertz CT molecular complexity index is 736. The van der Waals surface area contributed by atoms with Gasteiger partial charge in [0.2, 0.25) is 0 Å². The van der Waals surface area contributed by atoms with E-state index in [1.165, 1.54) is 10.8 Å². The van der Waals surface area contributed by atoms with E-state index in [0.717, 1.165) is 5.82 Å². The molecule has 3 rings (SSSR count). The number of nitrogens with one attached hydrogen (secondary N) is 1. The Morgan fingerprint density at radius 3 is 2.96 bits per heavy atom. The molecule has 6 nitrogen and oxygen atoms in total. The van der Waals surface area contributed by atoms with E-state index in [9.17, 15) is 8.78 Å². The van der Waals surface area contributed by atoms with Crippen molar-refractivity contribution in [2.45, 2.75) is 13.0 Å². The summed E-state index contributed by atoms with van der Waals surface area (Å²) in [4.78, 5) is 6.11. The minimum absolute atomic E-state index is 0.291. The fourth-order valence-electron chi connectivity index (χ4n) is 2.33. The first-order chi connectivity index (χ1) is 10.9. The molecule has 0 aromatic carbocycles. The number of rotatable bonds is 4. The Morgan fingerprint density at radius 1 is 1.43 bits per heavy atom. The highest BCUT2D eigenvalue weighted by Gasteiger charge is 2.36. The molecule has 1 aromatic heterocycles. The predicted molar refractivity (Wildman–Crippen MR) is 86.7 cm³/mol. The van der Waals surface area contributed by atoms with Gasteiger partial charge in [-0.05, 0) is 28.1 Å². The molecule has 0 saturated carbocycles. The Kier molecular flexibility index (Phi) is 4.07. The van der Waals surface area contributed by atoms with Crippen molar-refractivity contribution in [2.75, 3.05) is 14.1 Å². The molecule has 3 heterocycles. The van der Waals surface area contributed by atoms with Gasteiger partial charge in [-0.3, -0.25) is 5.32 Å². The molecule has 122 valence electrons. The van der Waals surface area contributed by atoms with Gasteiger partial charge in [-0.25, -0.2) is 13.8 Å². The molecular formula is C14H16BrF2N6+. The number of hydrogen-bond acceptors (Lipinski definition) is 4. The predicted octanol–water partition coefficient (Wildman–Crippen LogP) is 2.50. The lowest BCUT2D eigenvalue weighted by Gasteiger charge is -2.24. The number of imidazole rings is 1. The molecule has 1 aromatic rings. The smallest absolute Gasteiger partial charge is 0.256 e. The van der Waals surface area contributed by atoms with E-state index >= 15 is 0 Å². The van der Waals surface area contributed by atoms with Crippen molar-refractivity contribution < 1.29 is 13.4 Å². The number of amidine groups is 1. The Labute approximate surface area is 140 Å². The molecule has 9 heteroatoms. The van der Waals surface area contributed by atoms with Gasteiger partial charge >= 0.3 is 0 Å². The van der Waals surface area contributed by atoms with Gasteiger partial charge in [-0.2, -0.15) is 0 Å². The number of halogens is 3. The second kappa shape index (κ2) is 5.89. The molecule has 0 radical (unpaired) electrons. The van der Waals surface area contributed by atoms with E-state index in [2.05, 4.69) is 31.3 Å². The lowest BCUT2D eigenvalue weighted by molar-refractivity contribution is -0.826. The van der Waals surface area contributed by atoms with E-state index in [4.69, 9.17) is 0 Å². The fourth-order valence-corrected chi connectivity index (χ4v) is 2.76. The fraction of sp³-hybridized carbons (Fsp3) is 0.286. The summed E-state index contributed by atoms with van der Waals surface area (Å²) in [5.74, 6) is 1.99. The number of fused-ring (bicyclic) bond motifs is 1. The van der Waals surface area contributed by atoms with E-state index in [1.807, 2.05) is 37.6 Å². The summed E-state index contributed by atoms with van der Waals surface area (Å²) >= 11 is 3.21. The molecule has 0 amide bonds. The molecule has 1 atom stereocenters. The zero-order chi connectivity index (χ0) is 16.6. The molecular weight excluding hydrogens is 370 g/mol. The van der Waals surface area contributed by atoms with Crippen LogP contribution in [0.3, 0.4) is 0 Å². The quantitative estimate of drug-likeness (QED) is 0.809. The molecule has 1 unspecified atom stereocenters. The maximum absolute atomic E-state index is 12.6. The lowest BCUT2D eigenvalue weighted by atomic mass is 10.4. The SMILES string of the molecule is CN1C=C[N+]2(C)N=C(/C=C/c3nc(Br)cn3CC(F)F)NC2=C1. The maximum Gasteiger partial charge on any atom is 0.256 e. The second-order valence-electron chi connectivity index (χ2n) is 5.41. The molecule has 0 saturated heterocycles. The second-order valence-corrected chi connectivity index (χ2v) is 6.23. The van der Waals surface area contributed by atoms with Crippen LogP contribution in [0.1, 0.15) is 5.82 Å². The summed E-state index contributed by atoms with van der Waals surface area (Å²) < 4.78 is 27.4. The molecule has 2 aliphatic heterocycles. The average Bonchev–Trinajstić information content (AvgIpc) is 2.96. The van der Waals surface area contributed by atoms with Crippen molar-refractivity contribution in [3.05, 3.63) is 47.1 Å². The average molecular weight is 386 g/mol. The summed E-state index contributed by atoms with van der Waals surface area (Å²) in [5, 5.41) is 7.77. The van der Waals surface area contributed by atoms with Crippen LogP contribution in [0, 0.1) is 0 Å². The van der Waals surface area contributed by atoms with Crippen LogP contribution in [0.15, 0.2) is 46.4 Å². The first kappa shape index (κ1) is 15.9. The number of quaternary nitrogens is 1. The van der Waals surface area contributed by atoms with Gasteiger partial charge in [-0.15, -0.1) is 4.59 Å². The zero-order valence-electron chi connectivity index (χ0n) is 12.6. The van der Waals surface area contributed by atoms with Crippen molar-refractivity contribution in [1.29, 1.82) is 0 Å². The van der Waals surface area contributed by atoms with Gasteiger partial charge in [0.15, 0.2) is 5.84 Å². The minimum atomic E-state index is -2.44. The summed E-state index contributed by atoms with van der Waals surface area (Å²) in [6, 6.07) is 0. The largest absolute Gasteiger partial charge is 0.346 e. The van der Waals surface area contributed by atoms with Gasteiger partial charge in [0.25, 0.3) is 12.2 Å². The van der Waals surface area contributed by atoms with E-state index in [0.29, 0.717) is 20.9 Å². The van der Waals surface area contributed by atoms with Crippen LogP contribution in [-0.4, -0.2) is 45.4 Å². The number of aromatic nitrogens is 2. The third kappa shape index (κ3) is 3.35. The Balaban J connectivity index is 1.81. The monoisotopic (exact) mass is 385 g/mol. The first-order valence-electron chi connectivity index (χ1n) is 6.92. The third-order valence-corrected chi connectivity index (χ3v) is 3.86. The highest BCUT2D eigenvalue weighted by atomic mass is 79.9. The minimum Gasteiger partial charge on any atom is -0.346 e. The Hall–Kier alpha value is -2.00. The van der Waals surface area contributed by atoms with Crippen LogP contribution in [0.5, 0.6) is 0 Å². The molecule has 2 aliphatic rings. The standard InChI is InChI=1S/C14H16BrF2N6/c1-21-5-6-23(2)14(9-21)19-12(20-23)3-4-13-18-10(15)7-22(13)8-11(16)17/h3-7,9,11H,8H2,1-2H3,(H,19,20)/q+1/b4-3+. The van der Waals surface area contributed by atoms with Crippen LogP contribution in [0.25, 0.3) is 6.08 Å². The molecule has 0 spiro atoms. The summed E-state index contributed by atoms with van der Waals surface area (Å²) in [5.41, 5.74) is 0. The van der Waals surface area contributed by atoms with Gasteiger partial charge < -0.3 is 9.47 Å². The van der Waals surface area contributed by atoms with Crippen LogP contribution < -0.4 is 5.32 Å². The van der Waals surface area contributed by atoms with Crippen molar-refractivity contribution in [1.82, 2.24) is 19.8 Å². The summed E-state index contributed by atoms with van der Waals surface area (Å²) in [6.45, 7) is -0.398. The number of hydrogen-bond donors (Lipinski definition) is 1. The topological polar surface area (TPSA) is 45.5 Å². The van der Waals surface area contributed by atoms with Gasteiger partial charge in [0, 0.05) is 13.2 Å². The van der Waals surface area contributed by atoms with Crippen LogP contribution in [-0.2, 0) is 6.54 Å². The van der Waals surface area contributed by atoms with E-state index in [1.54, 1.807) is 12.2 Å². The van der Waals surface area contributed by atoms with Crippen molar-refractivity contribution >= 4 is 27.8 Å². The van der Waals surface area contributed by atoms with Crippen LogP contribution in [0.4, 0.5) is 8.78 Å². The highest BCUT2D eigenvalue weighted by Crippen LogP contribution is 2.24. The van der Waals surface area contributed by atoms with Gasteiger partial charge in [0.1, 0.15) is 23.7 Å². The molecule has 23 heavy (non-hydrogen) atoms. The van der Waals surface area contributed by atoms with Crippen molar-refractivity contribution in [3.8, 4) is 0 Å². The Morgan fingerprint density at radius 2 is 2.22 bits per heavy atom. The molecule has 0 bridgehead atoms. The van der Waals surface area contributed by atoms with Crippen molar-refractivity contribution in [3.63, 3.8) is 0 Å². The maximum atomic E-state index is 12.6. The van der Waals surface area contributed by atoms with Gasteiger partial charge in [-0.1, -0.05) is 5.10 Å². The summed E-state index contributed by atoms with van der Waals surface area (Å²) in [6.07, 6.45) is 8.30. The lowest BCUT2D eigenvalue weighted by Crippen LogP contribution is -2.36. The third-order valence-electron chi connectivity index (χ3n) is 3.48. The normalized spacial score (nSPS) is 23.3. The first-order valence-corrected chi connectivity index (χ1v) is 7.71. The highest BCUT2D eigenvalue weighted by molar-refractivity contribution is 9.10.